The molecule has 1 aliphatic rings. The molecule has 0 aromatic heterocycles. The van der Waals surface area contributed by atoms with Crippen molar-refractivity contribution in [3.05, 3.63) is 42.5 Å². The van der Waals surface area contributed by atoms with Crippen molar-refractivity contribution in [2.45, 2.75) is 6.42 Å². The summed E-state index contributed by atoms with van der Waals surface area (Å²) in [7, 11) is 0. The molecule has 0 unspecified atom stereocenters. The first-order valence-electron chi connectivity index (χ1n) is 6.31. The highest BCUT2D eigenvalue weighted by Crippen LogP contribution is 2.30. The minimum absolute atomic E-state index is 0.661. The van der Waals surface area contributed by atoms with Crippen LogP contribution in [0.25, 0.3) is 10.8 Å². The van der Waals surface area contributed by atoms with Crippen molar-refractivity contribution >= 4 is 16.5 Å². The third kappa shape index (κ3) is 1.89. The highest BCUT2D eigenvalue weighted by molar-refractivity contribution is 5.94. The van der Waals surface area contributed by atoms with E-state index in [9.17, 15) is 0 Å². The predicted octanol–water partition coefficient (Wildman–Crippen LogP) is 2.62. The fourth-order valence-corrected chi connectivity index (χ4v) is 2.73. The zero-order valence-electron chi connectivity index (χ0n) is 9.97. The molecular weight excluding hydrogens is 208 g/mol. The van der Waals surface area contributed by atoms with E-state index >= 15 is 0 Å². The third-order valence-electron chi connectivity index (χ3n) is 3.73. The Morgan fingerprint density at radius 3 is 2.76 bits per heavy atom. The summed E-state index contributed by atoms with van der Waals surface area (Å²) in [6.45, 7) is 3.04. The number of nitrogens with two attached hydrogens (primary N) is 1. The van der Waals surface area contributed by atoms with Crippen LogP contribution in [0, 0.1) is 5.92 Å². The summed E-state index contributed by atoms with van der Waals surface area (Å²) < 4.78 is 0. The Morgan fingerprint density at radius 2 is 1.94 bits per heavy atom. The van der Waals surface area contributed by atoms with Gasteiger partial charge in [-0.1, -0.05) is 36.4 Å². The molecule has 1 saturated heterocycles. The van der Waals surface area contributed by atoms with Crippen LogP contribution in [0.2, 0.25) is 0 Å². The van der Waals surface area contributed by atoms with Gasteiger partial charge in [0.05, 0.1) is 0 Å². The van der Waals surface area contributed by atoms with Crippen LogP contribution in [0.15, 0.2) is 42.5 Å². The van der Waals surface area contributed by atoms with Gasteiger partial charge in [-0.2, -0.15) is 0 Å². The Hall–Kier alpha value is -1.54. The SMILES string of the molecule is NC[C@@H]1CCN(c2cccc3ccccc23)C1. The third-order valence-corrected chi connectivity index (χ3v) is 3.73. The zero-order valence-corrected chi connectivity index (χ0v) is 9.97. The number of fused-ring (bicyclic) bond motifs is 1. The number of hydrogen-bond acceptors (Lipinski definition) is 2. The summed E-state index contributed by atoms with van der Waals surface area (Å²) in [6.07, 6.45) is 1.22. The lowest BCUT2D eigenvalue weighted by atomic mass is 10.1. The molecule has 0 saturated carbocycles. The van der Waals surface area contributed by atoms with Crippen molar-refractivity contribution < 1.29 is 0 Å². The standard InChI is InChI=1S/C15H18N2/c16-10-12-8-9-17(11-12)15-7-3-5-13-4-1-2-6-14(13)15/h1-7,12H,8-11,16H2/t12-/m0/s1. The largest absolute Gasteiger partial charge is 0.371 e. The fourth-order valence-electron chi connectivity index (χ4n) is 2.73. The second kappa shape index (κ2) is 4.38. The van der Waals surface area contributed by atoms with E-state index in [0.717, 1.165) is 19.6 Å². The lowest BCUT2D eigenvalue weighted by Crippen LogP contribution is -2.22. The summed E-state index contributed by atoms with van der Waals surface area (Å²) in [5.41, 5.74) is 7.12. The minimum Gasteiger partial charge on any atom is -0.371 e. The van der Waals surface area contributed by atoms with Crippen LogP contribution in [-0.4, -0.2) is 19.6 Å². The monoisotopic (exact) mass is 226 g/mol. The number of rotatable bonds is 2. The number of nitrogens with zero attached hydrogens (tertiary/aromatic N) is 1. The van der Waals surface area contributed by atoms with Gasteiger partial charge in [0.25, 0.3) is 0 Å². The molecule has 1 atom stereocenters. The summed E-state index contributed by atoms with van der Waals surface area (Å²) in [5.74, 6) is 0.661. The van der Waals surface area contributed by atoms with Crippen LogP contribution in [0.4, 0.5) is 5.69 Å². The lowest BCUT2D eigenvalue weighted by molar-refractivity contribution is 0.603. The molecule has 17 heavy (non-hydrogen) atoms. The Kier molecular flexibility index (Phi) is 2.73. The molecule has 2 aromatic carbocycles. The molecule has 1 heterocycles. The first-order valence-corrected chi connectivity index (χ1v) is 6.31. The second-order valence-electron chi connectivity index (χ2n) is 4.83. The smallest absolute Gasteiger partial charge is 0.0445 e. The van der Waals surface area contributed by atoms with Crippen LogP contribution in [0.5, 0.6) is 0 Å². The molecule has 2 aromatic rings. The van der Waals surface area contributed by atoms with Gasteiger partial charge in [-0.15, -0.1) is 0 Å². The number of hydrogen-bond donors (Lipinski definition) is 1. The van der Waals surface area contributed by atoms with Gasteiger partial charge in [-0.05, 0) is 30.3 Å². The molecule has 1 fully saturated rings. The summed E-state index contributed by atoms with van der Waals surface area (Å²) in [5, 5.41) is 2.67. The molecule has 2 nitrogen and oxygen atoms in total. The van der Waals surface area contributed by atoms with Crippen molar-refractivity contribution in [2.75, 3.05) is 24.5 Å². The van der Waals surface area contributed by atoms with Crippen molar-refractivity contribution in [1.29, 1.82) is 0 Å². The molecule has 0 aliphatic carbocycles. The average molecular weight is 226 g/mol. The molecule has 1 aliphatic heterocycles. The lowest BCUT2D eigenvalue weighted by Gasteiger charge is -2.20. The quantitative estimate of drug-likeness (QED) is 0.853. The van der Waals surface area contributed by atoms with Crippen LogP contribution in [-0.2, 0) is 0 Å². The minimum atomic E-state index is 0.661. The average Bonchev–Trinajstić information content (AvgIpc) is 2.87. The Morgan fingerprint density at radius 1 is 1.12 bits per heavy atom. The van der Waals surface area contributed by atoms with Crippen molar-refractivity contribution in [3.8, 4) is 0 Å². The zero-order chi connectivity index (χ0) is 11.7. The van der Waals surface area contributed by atoms with Gasteiger partial charge in [0.15, 0.2) is 0 Å². The van der Waals surface area contributed by atoms with E-state index in [2.05, 4.69) is 47.4 Å². The highest BCUT2D eigenvalue weighted by atomic mass is 15.2. The molecule has 3 rings (SSSR count). The van der Waals surface area contributed by atoms with Crippen molar-refractivity contribution in [1.82, 2.24) is 0 Å². The molecule has 88 valence electrons. The van der Waals surface area contributed by atoms with E-state index < -0.39 is 0 Å². The van der Waals surface area contributed by atoms with Gasteiger partial charge in [-0.25, -0.2) is 0 Å². The van der Waals surface area contributed by atoms with Gasteiger partial charge >= 0.3 is 0 Å². The highest BCUT2D eigenvalue weighted by Gasteiger charge is 2.22. The topological polar surface area (TPSA) is 29.3 Å². The van der Waals surface area contributed by atoms with Crippen LogP contribution < -0.4 is 10.6 Å². The van der Waals surface area contributed by atoms with Gasteiger partial charge in [-0.3, -0.25) is 0 Å². The van der Waals surface area contributed by atoms with E-state index in [1.807, 2.05) is 0 Å². The molecule has 2 heteroatoms. The Balaban J connectivity index is 2.00. The number of anilines is 1. The first kappa shape index (κ1) is 10.6. The Bertz CT molecular complexity index is 516. The first-order chi connectivity index (χ1) is 8.38. The molecule has 0 amide bonds. The molecule has 0 bridgehead atoms. The fraction of sp³-hybridized carbons (Fsp3) is 0.333. The summed E-state index contributed by atoms with van der Waals surface area (Å²) in [6, 6.07) is 15.1. The summed E-state index contributed by atoms with van der Waals surface area (Å²) >= 11 is 0. The Labute approximate surface area is 102 Å². The second-order valence-corrected chi connectivity index (χ2v) is 4.83. The van der Waals surface area contributed by atoms with Gasteiger partial charge in [0.2, 0.25) is 0 Å². The van der Waals surface area contributed by atoms with Crippen LogP contribution >= 0.6 is 0 Å². The van der Waals surface area contributed by atoms with Gasteiger partial charge < -0.3 is 10.6 Å². The molecular formula is C15H18N2. The van der Waals surface area contributed by atoms with Gasteiger partial charge in [0, 0.05) is 24.2 Å². The van der Waals surface area contributed by atoms with Crippen LogP contribution in [0.3, 0.4) is 0 Å². The maximum atomic E-state index is 5.76. The van der Waals surface area contributed by atoms with E-state index in [1.165, 1.54) is 22.9 Å². The number of benzene rings is 2. The normalized spacial score (nSPS) is 20.1. The van der Waals surface area contributed by atoms with Crippen molar-refractivity contribution in [2.24, 2.45) is 11.7 Å². The maximum Gasteiger partial charge on any atom is 0.0445 e. The predicted molar refractivity (Wildman–Crippen MR) is 73.3 cm³/mol. The van der Waals surface area contributed by atoms with E-state index in [1.54, 1.807) is 0 Å². The van der Waals surface area contributed by atoms with Crippen molar-refractivity contribution in [3.63, 3.8) is 0 Å². The molecule has 0 spiro atoms. The van der Waals surface area contributed by atoms with Gasteiger partial charge in [0.1, 0.15) is 0 Å². The van der Waals surface area contributed by atoms with E-state index in [0.29, 0.717) is 5.92 Å². The molecule has 2 N–H and O–H groups in total. The maximum absolute atomic E-state index is 5.76. The summed E-state index contributed by atoms with van der Waals surface area (Å²) in [4.78, 5) is 2.47. The van der Waals surface area contributed by atoms with Crippen LogP contribution in [0.1, 0.15) is 6.42 Å². The van der Waals surface area contributed by atoms with E-state index in [4.69, 9.17) is 5.73 Å². The molecule has 0 radical (unpaired) electrons. The van der Waals surface area contributed by atoms with E-state index in [-0.39, 0.29) is 0 Å².